The zero-order valence-electron chi connectivity index (χ0n) is 18.8. The Balaban J connectivity index is 1.44. The van der Waals surface area contributed by atoms with Crippen molar-refractivity contribution in [1.82, 2.24) is 0 Å². The van der Waals surface area contributed by atoms with E-state index < -0.39 is 0 Å². The molecule has 0 bridgehead atoms. The third kappa shape index (κ3) is 3.98. The fourth-order valence-corrected chi connectivity index (χ4v) is 10.1. The first-order chi connectivity index (χ1) is 16.2. The van der Waals surface area contributed by atoms with E-state index in [4.69, 9.17) is 0 Å². The van der Waals surface area contributed by atoms with Crippen LogP contribution in [-0.4, -0.2) is 33.2 Å². The molecule has 2 aliphatic rings. The highest BCUT2D eigenvalue weighted by atomic mass is 32.2. The summed E-state index contributed by atoms with van der Waals surface area (Å²) >= 11 is 0. The van der Waals surface area contributed by atoms with Crippen molar-refractivity contribution < 1.29 is 10.2 Å². The zero-order chi connectivity index (χ0) is 22.4. The molecule has 33 heavy (non-hydrogen) atoms. The van der Waals surface area contributed by atoms with Gasteiger partial charge in [-0.25, -0.2) is 0 Å². The maximum Gasteiger partial charge on any atom is 0.155 e. The molecule has 2 heterocycles. The van der Waals surface area contributed by atoms with Gasteiger partial charge in [0.15, 0.2) is 9.79 Å². The Morgan fingerprint density at radius 3 is 1.73 bits per heavy atom. The number of phenols is 2. The second-order valence-corrected chi connectivity index (χ2v) is 13.8. The average molecular weight is 475 g/mol. The number of aromatic hydroxyl groups is 2. The number of phenolic OH excluding ortho intramolecular Hbond substituents is 2. The standard InChI is InChI=1S/C29H28O2S2/c30-28-12-7-21-17-22(32-13-1-2-14-32)9-10-24(21)26(28)19-27-25-18-23(33-15-3-4-16-33)8-5-20(25)6-11-29(27)31/h5-12,17-18H,1-4,13-16,19H2/p+2. The van der Waals surface area contributed by atoms with E-state index in [2.05, 4.69) is 36.4 Å². The molecule has 2 saturated heterocycles. The van der Waals surface area contributed by atoms with Gasteiger partial charge >= 0.3 is 0 Å². The average Bonchev–Trinajstić information content (AvgIpc) is 3.56. The van der Waals surface area contributed by atoms with E-state index in [0.29, 0.717) is 39.7 Å². The van der Waals surface area contributed by atoms with Gasteiger partial charge in [0.1, 0.15) is 34.5 Å². The van der Waals surface area contributed by atoms with Crippen LogP contribution < -0.4 is 0 Å². The summed E-state index contributed by atoms with van der Waals surface area (Å²) in [5.74, 6) is 5.81. The van der Waals surface area contributed by atoms with Crippen molar-refractivity contribution in [2.45, 2.75) is 41.9 Å². The summed E-state index contributed by atoms with van der Waals surface area (Å²) in [6.07, 6.45) is 5.84. The molecule has 0 atom stereocenters. The topological polar surface area (TPSA) is 40.5 Å². The van der Waals surface area contributed by atoms with Crippen molar-refractivity contribution in [2.75, 3.05) is 23.0 Å². The third-order valence-electron chi connectivity index (χ3n) is 7.24. The number of benzene rings is 4. The molecule has 0 aromatic heterocycles. The van der Waals surface area contributed by atoms with Crippen LogP contribution in [0.5, 0.6) is 11.5 Å². The van der Waals surface area contributed by atoms with E-state index in [1.807, 2.05) is 18.2 Å². The molecule has 0 spiro atoms. The maximum absolute atomic E-state index is 10.9. The van der Waals surface area contributed by atoms with Gasteiger partial charge < -0.3 is 10.2 Å². The highest BCUT2D eigenvalue weighted by molar-refractivity contribution is 7.97. The minimum atomic E-state index is 0.309. The normalized spacial score (nSPS) is 17.5. The van der Waals surface area contributed by atoms with Crippen LogP contribution in [0.25, 0.3) is 21.5 Å². The number of fused-ring (bicyclic) bond motifs is 2. The summed E-state index contributed by atoms with van der Waals surface area (Å²) in [6, 6.07) is 21.3. The van der Waals surface area contributed by atoms with Crippen LogP contribution in [0.1, 0.15) is 36.8 Å². The van der Waals surface area contributed by atoms with Crippen molar-refractivity contribution >= 4 is 43.3 Å². The number of rotatable bonds is 4. The monoisotopic (exact) mass is 474 g/mol. The Bertz CT molecular complexity index is 1330. The van der Waals surface area contributed by atoms with E-state index in [-0.39, 0.29) is 0 Å². The molecule has 2 fully saturated rings. The number of hydrogen-bond acceptors (Lipinski definition) is 2. The minimum absolute atomic E-state index is 0.309. The molecule has 0 amide bonds. The van der Waals surface area contributed by atoms with Gasteiger partial charge in [0.25, 0.3) is 0 Å². The first-order valence-electron chi connectivity index (χ1n) is 12.0. The van der Waals surface area contributed by atoms with Gasteiger partial charge in [-0.2, -0.15) is 0 Å². The molecule has 2 N–H and O–H groups in total. The lowest BCUT2D eigenvalue weighted by atomic mass is 9.93. The van der Waals surface area contributed by atoms with Gasteiger partial charge in [0, 0.05) is 51.5 Å². The van der Waals surface area contributed by atoms with Crippen LogP contribution in [0.3, 0.4) is 0 Å². The van der Waals surface area contributed by atoms with Crippen LogP contribution in [0, 0.1) is 0 Å². The van der Waals surface area contributed by atoms with Crippen molar-refractivity contribution in [3.8, 4) is 11.5 Å². The zero-order valence-corrected chi connectivity index (χ0v) is 20.5. The van der Waals surface area contributed by atoms with Crippen LogP contribution in [0.4, 0.5) is 0 Å². The molecule has 0 radical (unpaired) electrons. The minimum Gasteiger partial charge on any atom is -0.508 e. The van der Waals surface area contributed by atoms with Gasteiger partial charge in [-0.3, -0.25) is 0 Å². The largest absolute Gasteiger partial charge is 0.508 e. The fraction of sp³-hybridized carbons (Fsp3) is 0.310. The Labute approximate surface area is 201 Å². The quantitative estimate of drug-likeness (QED) is 0.330. The molecular weight excluding hydrogens is 444 g/mol. The number of hydrogen-bond donors (Lipinski definition) is 2. The predicted octanol–water partition coefficient (Wildman–Crippen LogP) is 6.54. The Morgan fingerprint density at radius 2 is 1.06 bits per heavy atom. The van der Waals surface area contributed by atoms with Crippen LogP contribution in [0.2, 0.25) is 0 Å². The van der Waals surface area contributed by atoms with Gasteiger partial charge in [-0.05, 0) is 83.6 Å². The third-order valence-corrected chi connectivity index (χ3v) is 12.2. The molecule has 4 aromatic carbocycles. The summed E-state index contributed by atoms with van der Waals surface area (Å²) in [6.45, 7) is 0. The molecule has 6 rings (SSSR count). The maximum atomic E-state index is 10.9. The molecule has 4 aromatic rings. The Morgan fingerprint density at radius 1 is 0.545 bits per heavy atom. The second kappa shape index (κ2) is 8.81. The van der Waals surface area contributed by atoms with Crippen LogP contribution in [-0.2, 0) is 28.2 Å². The molecule has 0 unspecified atom stereocenters. The summed E-state index contributed by atoms with van der Waals surface area (Å²) in [5.41, 5.74) is 1.83. The molecule has 0 saturated carbocycles. The van der Waals surface area contributed by atoms with Crippen molar-refractivity contribution in [1.29, 1.82) is 0 Å². The van der Waals surface area contributed by atoms with Crippen molar-refractivity contribution in [3.05, 3.63) is 71.8 Å². The predicted molar refractivity (Wildman–Crippen MR) is 143 cm³/mol. The van der Waals surface area contributed by atoms with Gasteiger partial charge in [0.05, 0.1) is 0 Å². The molecule has 2 nitrogen and oxygen atoms in total. The fourth-order valence-electron chi connectivity index (χ4n) is 5.40. The molecule has 0 aliphatic carbocycles. The van der Waals surface area contributed by atoms with Crippen molar-refractivity contribution in [2.24, 2.45) is 0 Å². The van der Waals surface area contributed by atoms with Gasteiger partial charge in [-0.1, -0.05) is 12.1 Å². The van der Waals surface area contributed by atoms with E-state index >= 15 is 0 Å². The summed E-state index contributed by atoms with van der Waals surface area (Å²) < 4.78 is 0. The lowest BCUT2D eigenvalue weighted by Crippen LogP contribution is -2.04. The molecule has 168 valence electrons. The van der Waals surface area contributed by atoms with Gasteiger partial charge in [-0.15, -0.1) is 0 Å². The molecular formula is C29H30O2S2+2. The Kier molecular flexibility index (Phi) is 5.67. The SMILES string of the molecule is Oc1ccc2cc([S+]3CCCC3)ccc2c1Cc1c(O)ccc2ccc([S+]3CCCC3)cc12. The second-order valence-electron chi connectivity index (χ2n) is 9.29. The molecule has 2 aliphatic heterocycles. The van der Waals surface area contributed by atoms with Gasteiger partial charge in [0.2, 0.25) is 0 Å². The van der Waals surface area contributed by atoms with Crippen molar-refractivity contribution in [3.63, 3.8) is 0 Å². The Hall–Kier alpha value is -2.30. The lowest BCUT2D eigenvalue weighted by molar-refractivity contribution is 0.464. The first-order valence-corrected chi connectivity index (χ1v) is 15.1. The van der Waals surface area contributed by atoms with E-state index in [1.165, 1.54) is 63.9 Å². The smallest absolute Gasteiger partial charge is 0.155 e. The summed E-state index contributed by atoms with van der Waals surface area (Å²) in [7, 11) is 0.706. The summed E-state index contributed by atoms with van der Waals surface area (Å²) in [4.78, 5) is 2.86. The van der Waals surface area contributed by atoms with E-state index in [0.717, 1.165) is 27.3 Å². The van der Waals surface area contributed by atoms with E-state index in [9.17, 15) is 10.2 Å². The van der Waals surface area contributed by atoms with Crippen LogP contribution in [0.15, 0.2) is 70.5 Å². The van der Waals surface area contributed by atoms with Crippen LogP contribution >= 0.6 is 0 Å². The summed E-state index contributed by atoms with van der Waals surface area (Å²) in [5, 5.41) is 26.3. The van der Waals surface area contributed by atoms with E-state index in [1.54, 1.807) is 6.07 Å². The lowest BCUT2D eigenvalue weighted by Gasteiger charge is -2.14. The highest BCUT2D eigenvalue weighted by Gasteiger charge is 2.28. The first kappa shape index (κ1) is 21.2. The molecule has 4 heteroatoms. The highest BCUT2D eigenvalue weighted by Crippen LogP contribution is 2.37.